The Morgan fingerprint density at radius 3 is 2.52 bits per heavy atom. The number of rotatable bonds is 9. The molecule has 1 N–H and O–H groups in total. The van der Waals surface area contributed by atoms with E-state index in [1.165, 1.54) is 13.2 Å². The molecule has 11 nitrogen and oxygen atoms in total. The number of esters is 1. The van der Waals surface area contributed by atoms with Crippen LogP contribution in [-0.4, -0.2) is 41.8 Å². The van der Waals surface area contributed by atoms with E-state index in [-0.39, 0.29) is 35.9 Å². The number of methoxy groups -OCH3 is 1. The number of nitro groups is 1. The number of anilines is 1. The van der Waals surface area contributed by atoms with Gasteiger partial charge in [-0.3, -0.25) is 14.9 Å². The summed E-state index contributed by atoms with van der Waals surface area (Å²) in [5.74, 6) is -0.794. The van der Waals surface area contributed by atoms with Crippen LogP contribution in [0.25, 0.3) is 0 Å². The summed E-state index contributed by atoms with van der Waals surface area (Å²) in [6.45, 7) is 5.24. The number of hydrogen-bond acceptors (Lipinski definition) is 9. The number of nitrogens with zero attached hydrogens (tertiary/aromatic N) is 2. The van der Waals surface area contributed by atoms with E-state index in [0.29, 0.717) is 5.76 Å². The van der Waals surface area contributed by atoms with E-state index in [2.05, 4.69) is 10.5 Å². The smallest absolute Gasteiger partial charge is 0.346 e. The summed E-state index contributed by atoms with van der Waals surface area (Å²) < 4.78 is 20.5. The van der Waals surface area contributed by atoms with Crippen molar-refractivity contribution >= 4 is 23.4 Å². The summed E-state index contributed by atoms with van der Waals surface area (Å²) in [5.41, 5.74) is -0.888. The van der Waals surface area contributed by atoms with E-state index in [4.69, 9.17) is 18.7 Å². The molecule has 11 heteroatoms. The molecule has 156 valence electrons. The highest BCUT2D eigenvalue weighted by molar-refractivity contribution is 5.99. The molecule has 0 spiro atoms. The molecule has 1 atom stereocenters. The molecule has 0 aliphatic heterocycles. The summed E-state index contributed by atoms with van der Waals surface area (Å²) in [6, 6.07) is 3.73. The first-order valence-electron chi connectivity index (χ1n) is 8.75. The van der Waals surface area contributed by atoms with Crippen LogP contribution in [0.4, 0.5) is 11.5 Å². The molecule has 1 aromatic carbocycles. The second-order valence-corrected chi connectivity index (χ2v) is 5.82. The maximum absolute atomic E-state index is 12.6. The normalized spacial score (nSPS) is 11.4. The number of aryl methyl sites for hydroxylation is 1. The van der Waals surface area contributed by atoms with E-state index in [9.17, 15) is 19.7 Å². The highest BCUT2D eigenvalue weighted by Crippen LogP contribution is 2.35. The summed E-state index contributed by atoms with van der Waals surface area (Å²) in [7, 11) is 1.32. The number of ether oxygens (including phenoxy) is 3. The van der Waals surface area contributed by atoms with Crippen LogP contribution < -0.4 is 14.8 Å². The van der Waals surface area contributed by atoms with Crippen LogP contribution in [0, 0.1) is 17.0 Å². The lowest BCUT2D eigenvalue weighted by atomic mass is 10.1. The zero-order valence-corrected chi connectivity index (χ0v) is 16.4. The topological polar surface area (TPSA) is 143 Å². The molecule has 0 radical (unpaired) electrons. The molecule has 0 bridgehead atoms. The molecule has 1 heterocycles. The Morgan fingerprint density at radius 2 is 2.00 bits per heavy atom. The fourth-order valence-corrected chi connectivity index (χ4v) is 2.44. The lowest BCUT2D eigenvalue weighted by Crippen LogP contribution is -2.32. The fourth-order valence-electron chi connectivity index (χ4n) is 2.44. The van der Waals surface area contributed by atoms with Gasteiger partial charge in [-0.25, -0.2) is 4.79 Å². The minimum absolute atomic E-state index is 0.0984. The van der Waals surface area contributed by atoms with Gasteiger partial charge in [-0.2, -0.15) is 0 Å². The van der Waals surface area contributed by atoms with Crippen molar-refractivity contribution in [3.63, 3.8) is 0 Å². The highest BCUT2D eigenvalue weighted by atomic mass is 16.6. The van der Waals surface area contributed by atoms with Crippen molar-refractivity contribution < 1.29 is 33.2 Å². The molecular formula is C18H21N3O8. The second kappa shape index (κ2) is 9.53. The van der Waals surface area contributed by atoms with Crippen molar-refractivity contribution in [2.45, 2.75) is 33.3 Å². The van der Waals surface area contributed by atoms with Crippen molar-refractivity contribution in [3.8, 4) is 11.5 Å². The average molecular weight is 407 g/mol. The van der Waals surface area contributed by atoms with E-state index < -0.39 is 28.6 Å². The SMILES string of the molecule is CCOc1cc(C(=O)OC(CC)C(=O)Nc2cc(C)on2)c([N+](=O)[O-])cc1OC. The number of carbonyl (C=O) groups excluding carboxylic acids is 2. The summed E-state index contributed by atoms with van der Waals surface area (Å²) >= 11 is 0. The van der Waals surface area contributed by atoms with Gasteiger partial charge in [0.2, 0.25) is 0 Å². The molecule has 2 aromatic rings. The summed E-state index contributed by atoms with van der Waals surface area (Å²) in [5, 5.41) is 17.5. The van der Waals surface area contributed by atoms with Crippen LogP contribution >= 0.6 is 0 Å². The van der Waals surface area contributed by atoms with Crippen molar-refractivity contribution in [3.05, 3.63) is 39.6 Å². The van der Waals surface area contributed by atoms with Gasteiger partial charge in [0.15, 0.2) is 23.4 Å². The van der Waals surface area contributed by atoms with Crippen molar-refractivity contribution in [2.24, 2.45) is 0 Å². The minimum atomic E-state index is -1.20. The van der Waals surface area contributed by atoms with Crippen LogP contribution in [0.2, 0.25) is 0 Å². The number of carbonyl (C=O) groups is 2. The summed E-state index contributed by atoms with van der Waals surface area (Å²) in [6.07, 6.45) is -1.06. The molecule has 0 saturated heterocycles. The molecule has 2 rings (SSSR count). The predicted molar refractivity (Wildman–Crippen MR) is 100 cm³/mol. The molecule has 1 aromatic heterocycles. The Morgan fingerprint density at radius 1 is 1.28 bits per heavy atom. The molecule has 0 fully saturated rings. The molecule has 0 saturated carbocycles. The Kier molecular flexibility index (Phi) is 7.12. The number of aromatic nitrogens is 1. The molecule has 1 unspecified atom stereocenters. The Labute approximate surface area is 166 Å². The van der Waals surface area contributed by atoms with Crippen LogP contribution in [-0.2, 0) is 9.53 Å². The van der Waals surface area contributed by atoms with Crippen LogP contribution in [0.5, 0.6) is 11.5 Å². The molecule has 1 amide bonds. The third-order valence-corrected chi connectivity index (χ3v) is 3.79. The van der Waals surface area contributed by atoms with Gasteiger partial charge in [0, 0.05) is 12.1 Å². The van der Waals surface area contributed by atoms with Gasteiger partial charge in [-0.05, 0) is 20.3 Å². The van der Waals surface area contributed by atoms with Crippen LogP contribution in [0.15, 0.2) is 22.7 Å². The number of nitro benzene ring substituents is 1. The van der Waals surface area contributed by atoms with Crippen LogP contribution in [0.1, 0.15) is 36.4 Å². The van der Waals surface area contributed by atoms with Gasteiger partial charge >= 0.3 is 5.97 Å². The Balaban J connectivity index is 2.27. The third-order valence-electron chi connectivity index (χ3n) is 3.79. The Hall–Kier alpha value is -3.63. The Bertz CT molecular complexity index is 909. The van der Waals surface area contributed by atoms with E-state index in [0.717, 1.165) is 12.1 Å². The first kappa shape index (κ1) is 21.7. The first-order chi connectivity index (χ1) is 13.8. The maximum Gasteiger partial charge on any atom is 0.346 e. The van der Waals surface area contributed by atoms with Crippen molar-refractivity contribution in [2.75, 3.05) is 19.0 Å². The maximum atomic E-state index is 12.6. The zero-order valence-electron chi connectivity index (χ0n) is 16.4. The lowest BCUT2D eigenvalue weighted by Gasteiger charge is -2.16. The monoisotopic (exact) mass is 407 g/mol. The largest absolute Gasteiger partial charge is 0.493 e. The quantitative estimate of drug-likeness (QED) is 0.377. The molecule has 29 heavy (non-hydrogen) atoms. The molecule has 0 aliphatic carbocycles. The third kappa shape index (κ3) is 5.21. The zero-order chi connectivity index (χ0) is 21.6. The first-order valence-corrected chi connectivity index (χ1v) is 8.75. The van der Waals surface area contributed by atoms with E-state index in [1.54, 1.807) is 20.8 Å². The van der Waals surface area contributed by atoms with E-state index in [1.807, 2.05) is 0 Å². The number of hydrogen-bond donors (Lipinski definition) is 1. The lowest BCUT2D eigenvalue weighted by molar-refractivity contribution is -0.385. The van der Waals surface area contributed by atoms with Crippen LogP contribution in [0.3, 0.4) is 0 Å². The van der Waals surface area contributed by atoms with E-state index >= 15 is 0 Å². The van der Waals surface area contributed by atoms with Crippen molar-refractivity contribution in [1.29, 1.82) is 0 Å². The summed E-state index contributed by atoms with van der Waals surface area (Å²) in [4.78, 5) is 35.6. The van der Waals surface area contributed by atoms with Crippen molar-refractivity contribution in [1.82, 2.24) is 5.16 Å². The number of benzene rings is 1. The standard InChI is InChI=1S/C18H21N3O8/c1-5-13(17(22)19-16-7-10(3)29-20-16)28-18(23)11-8-15(27-6-2)14(26-4)9-12(11)21(24)25/h7-9,13H,5-6H2,1-4H3,(H,19,20,22). The van der Waals surface area contributed by atoms with Gasteiger partial charge in [0.1, 0.15) is 11.3 Å². The highest BCUT2D eigenvalue weighted by Gasteiger charge is 2.29. The molecular weight excluding hydrogens is 386 g/mol. The number of nitrogens with one attached hydrogen (secondary N) is 1. The molecule has 0 aliphatic rings. The van der Waals surface area contributed by atoms with Gasteiger partial charge in [-0.1, -0.05) is 12.1 Å². The van der Waals surface area contributed by atoms with Gasteiger partial charge < -0.3 is 24.1 Å². The van der Waals surface area contributed by atoms with Gasteiger partial charge in [-0.15, -0.1) is 0 Å². The average Bonchev–Trinajstić information content (AvgIpc) is 3.09. The predicted octanol–water partition coefficient (Wildman–Crippen LogP) is 2.87. The number of amides is 1. The minimum Gasteiger partial charge on any atom is -0.493 e. The van der Waals surface area contributed by atoms with Gasteiger partial charge in [0.05, 0.1) is 24.7 Å². The fraction of sp³-hybridized carbons (Fsp3) is 0.389. The second-order valence-electron chi connectivity index (χ2n) is 5.82. The van der Waals surface area contributed by atoms with Gasteiger partial charge in [0.25, 0.3) is 11.6 Å².